The first-order chi connectivity index (χ1) is 15.0. The van der Waals surface area contributed by atoms with Crippen molar-refractivity contribution in [2.75, 3.05) is 11.5 Å². The summed E-state index contributed by atoms with van der Waals surface area (Å²) < 4.78 is 0. The Bertz CT molecular complexity index is 1180. The largest absolute Gasteiger partial charge is 0.508 e. The zero-order chi connectivity index (χ0) is 21.8. The van der Waals surface area contributed by atoms with Gasteiger partial charge < -0.3 is 21.7 Å². The van der Waals surface area contributed by atoms with E-state index in [2.05, 4.69) is 41.3 Å². The number of nitrogens with zero attached hydrogens (tertiary/aromatic N) is 10. The quantitative estimate of drug-likeness (QED) is 0.297. The molecule has 4 rings (SSSR count). The van der Waals surface area contributed by atoms with E-state index in [9.17, 15) is 10.2 Å². The number of aromatic nitrogens is 8. The molecule has 0 saturated heterocycles. The maximum Gasteiger partial charge on any atom is 0.263 e. The highest BCUT2D eigenvalue weighted by atomic mass is 16.3. The topological polar surface area (TPSA) is 204 Å². The lowest BCUT2D eigenvalue weighted by Crippen LogP contribution is -2.00. The molecule has 14 heteroatoms. The number of aromatic hydroxyl groups is 2. The van der Waals surface area contributed by atoms with Crippen LogP contribution in [0.4, 0.5) is 11.9 Å². The van der Waals surface area contributed by atoms with Crippen LogP contribution in [-0.4, -0.2) is 63.3 Å². The summed E-state index contributed by atoms with van der Waals surface area (Å²) in [5, 5.41) is 49.7. The molecule has 14 nitrogen and oxygen atoms in total. The van der Waals surface area contributed by atoms with Crippen molar-refractivity contribution >= 4 is 24.3 Å². The summed E-state index contributed by atoms with van der Waals surface area (Å²) in [6.45, 7) is 0. The van der Waals surface area contributed by atoms with Gasteiger partial charge in [-0.3, -0.25) is 0 Å². The first kappa shape index (κ1) is 19.4. The summed E-state index contributed by atoms with van der Waals surface area (Å²) in [5.74, 6) is 0.224. The second-order valence-electron chi connectivity index (χ2n) is 6.30. The summed E-state index contributed by atoms with van der Waals surface area (Å²) in [7, 11) is 0. The van der Waals surface area contributed by atoms with Crippen molar-refractivity contribution in [2.45, 2.75) is 6.42 Å². The Kier molecular flexibility index (Phi) is 5.16. The highest BCUT2D eigenvalue weighted by Crippen LogP contribution is 2.26. The zero-order valence-electron chi connectivity index (χ0n) is 15.8. The number of benzene rings is 2. The fourth-order valence-electron chi connectivity index (χ4n) is 2.65. The Morgan fingerprint density at radius 3 is 1.61 bits per heavy atom. The fourth-order valence-corrected chi connectivity index (χ4v) is 2.65. The number of phenols is 2. The molecule has 31 heavy (non-hydrogen) atoms. The van der Waals surface area contributed by atoms with Crippen LogP contribution in [0.15, 0.2) is 46.6 Å². The second-order valence-corrected chi connectivity index (χ2v) is 6.30. The van der Waals surface area contributed by atoms with Gasteiger partial charge in [0.05, 0.1) is 12.4 Å². The molecule has 0 atom stereocenters. The number of tetrazole rings is 2. The minimum absolute atomic E-state index is 0.0436. The third kappa shape index (κ3) is 4.42. The summed E-state index contributed by atoms with van der Waals surface area (Å²) in [5.41, 5.74) is 13.6. The molecular weight excluding hydrogens is 404 g/mol. The van der Waals surface area contributed by atoms with E-state index in [0.29, 0.717) is 22.3 Å². The molecule has 0 saturated carbocycles. The predicted molar refractivity (Wildman–Crippen MR) is 109 cm³/mol. The van der Waals surface area contributed by atoms with Gasteiger partial charge in [0, 0.05) is 6.42 Å². The number of nitrogens with two attached hydrogens (primary N) is 2. The molecule has 2 aromatic heterocycles. The van der Waals surface area contributed by atoms with Crippen LogP contribution in [0, 0.1) is 0 Å². The van der Waals surface area contributed by atoms with Crippen molar-refractivity contribution in [3.63, 3.8) is 0 Å². The first-order valence-corrected chi connectivity index (χ1v) is 8.80. The molecule has 0 spiro atoms. The summed E-state index contributed by atoms with van der Waals surface area (Å²) >= 11 is 0. The Balaban J connectivity index is 1.57. The summed E-state index contributed by atoms with van der Waals surface area (Å²) in [6.07, 6.45) is 3.24. The third-order valence-electron chi connectivity index (χ3n) is 4.17. The van der Waals surface area contributed by atoms with E-state index in [1.54, 1.807) is 24.3 Å². The van der Waals surface area contributed by atoms with Crippen LogP contribution >= 0.6 is 0 Å². The van der Waals surface area contributed by atoms with Crippen LogP contribution in [0.3, 0.4) is 0 Å². The van der Waals surface area contributed by atoms with Crippen LogP contribution < -0.4 is 11.5 Å². The number of hydrogen-bond donors (Lipinski definition) is 4. The summed E-state index contributed by atoms with van der Waals surface area (Å²) in [6, 6.07) is 9.85. The Morgan fingerprint density at radius 2 is 1.23 bits per heavy atom. The highest BCUT2D eigenvalue weighted by molar-refractivity contribution is 5.81. The molecule has 0 radical (unpaired) electrons. The normalized spacial score (nSPS) is 11.6. The van der Waals surface area contributed by atoms with Gasteiger partial charge in [-0.05, 0) is 79.5 Å². The van der Waals surface area contributed by atoms with Crippen LogP contribution in [0.1, 0.15) is 22.3 Å². The van der Waals surface area contributed by atoms with Crippen molar-refractivity contribution in [1.82, 2.24) is 40.6 Å². The molecule has 4 aromatic rings. The fraction of sp³-hybridized carbons (Fsp3) is 0.0588. The van der Waals surface area contributed by atoms with E-state index in [-0.39, 0.29) is 29.8 Å². The van der Waals surface area contributed by atoms with E-state index >= 15 is 0 Å². The number of rotatable bonds is 6. The van der Waals surface area contributed by atoms with Gasteiger partial charge in [0.15, 0.2) is 0 Å². The zero-order valence-corrected chi connectivity index (χ0v) is 15.8. The van der Waals surface area contributed by atoms with Crippen LogP contribution in [0.25, 0.3) is 0 Å². The Labute approximate surface area is 174 Å². The second kappa shape index (κ2) is 8.24. The minimum atomic E-state index is 0.0436. The van der Waals surface area contributed by atoms with Crippen molar-refractivity contribution in [3.05, 3.63) is 58.7 Å². The number of phenolic OH excluding ortho intramolecular Hbond substituents is 2. The molecule has 2 heterocycles. The highest BCUT2D eigenvalue weighted by Gasteiger charge is 2.09. The maximum atomic E-state index is 10.3. The molecule has 0 unspecified atom stereocenters. The lowest BCUT2D eigenvalue weighted by atomic mass is 9.99. The average molecular weight is 420 g/mol. The molecule has 0 fully saturated rings. The Hall–Kier alpha value is -4.88. The molecule has 0 amide bonds. The van der Waals surface area contributed by atoms with Crippen LogP contribution in [0.5, 0.6) is 11.5 Å². The lowest BCUT2D eigenvalue weighted by Gasteiger charge is -2.09. The average Bonchev–Trinajstić information content (AvgIpc) is 3.36. The molecular formula is C17H16N12O2. The standard InChI is InChI=1S/C17H16N12O2/c18-16-22-24-26-28(16)20-8-10-1-3-14(30)12(5-10)7-13-6-11(2-4-15(13)31)9-21-29-17(19)23-25-27-29/h1-6,8-9,30-31H,7H2,(H2,18,22,26)(H2,19,23,27)/b20-8+,21-9+. The van der Waals surface area contributed by atoms with Crippen molar-refractivity contribution in [3.8, 4) is 11.5 Å². The molecule has 0 aliphatic carbocycles. The smallest absolute Gasteiger partial charge is 0.263 e. The van der Waals surface area contributed by atoms with Gasteiger partial charge in [-0.2, -0.15) is 10.2 Å². The van der Waals surface area contributed by atoms with Crippen LogP contribution in [-0.2, 0) is 6.42 Å². The monoisotopic (exact) mass is 420 g/mol. The van der Waals surface area contributed by atoms with Crippen LogP contribution in [0.2, 0.25) is 0 Å². The summed E-state index contributed by atoms with van der Waals surface area (Å²) in [4.78, 5) is 2.14. The van der Waals surface area contributed by atoms with Gasteiger partial charge >= 0.3 is 0 Å². The molecule has 2 aromatic carbocycles. The Morgan fingerprint density at radius 1 is 0.774 bits per heavy atom. The van der Waals surface area contributed by atoms with Crippen molar-refractivity contribution < 1.29 is 10.2 Å². The molecule has 156 valence electrons. The third-order valence-corrected chi connectivity index (χ3v) is 4.17. The van der Waals surface area contributed by atoms with E-state index in [0.717, 1.165) is 9.58 Å². The molecule has 6 N–H and O–H groups in total. The SMILES string of the molecule is Nc1nnnn1/N=C/c1ccc(O)c(Cc2cc(/C=N/n3nnnc3N)ccc2O)c1. The molecule has 0 bridgehead atoms. The first-order valence-electron chi connectivity index (χ1n) is 8.80. The minimum Gasteiger partial charge on any atom is -0.508 e. The lowest BCUT2D eigenvalue weighted by molar-refractivity contribution is 0.463. The van der Waals surface area contributed by atoms with E-state index in [1.807, 2.05) is 0 Å². The van der Waals surface area contributed by atoms with E-state index < -0.39 is 0 Å². The van der Waals surface area contributed by atoms with E-state index in [4.69, 9.17) is 11.5 Å². The number of anilines is 2. The van der Waals surface area contributed by atoms with Gasteiger partial charge in [0.1, 0.15) is 11.5 Å². The van der Waals surface area contributed by atoms with Crippen molar-refractivity contribution in [2.24, 2.45) is 10.2 Å². The van der Waals surface area contributed by atoms with Gasteiger partial charge in [0.25, 0.3) is 11.9 Å². The van der Waals surface area contributed by atoms with Gasteiger partial charge in [-0.15, -0.1) is 0 Å². The molecule has 0 aliphatic heterocycles. The van der Waals surface area contributed by atoms with Gasteiger partial charge in [0.2, 0.25) is 0 Å². The number of hydrogen-bond acceptors (Lipinski definition) is 12. The predicted octanol–water partition coefficient (Wildman–Crippen LogP) is -0.410. The molecule has 0 aliphatic rings. The van der Waals surface area contributed by atoms with Gasteiger partial charge in [-0.1, -0.05) is 19.8 Å². The van der Waals surface area contributed by atoms with Crippen molar-refractivity contribution in [1.29, 1.82) is 0 Å². The maximum absolute atomic E-state index is 10.3. The van der Waals surface area contributed by atoms with E-state index in [1.165, 1.54) is 24.6 Å². The number of nitrogen functional groups attached to an aromatic ring is 2. The van der Waals surface area contributed by atoms with Gasteiger partial charge in [-0.25, -0.2) is 0 Å².